The van der Waals surface area contributed by atoms with E-state index in [0.717, 1.165) is 0 Å². The summed E-state index contributed by atoms with van der Waals surface area (Å²) >= 11 is 7.87. The van der Waals surface area contributed by atoms with Crippen molar-refractivity contribution in [3.8, 4) is 11.5 Å². The van der Waals surface area contributed by atoms with Crippen LogP contribution >= 0.6 is 34.2 Å². The van der Waals surface area contributed by atoms with Crippen LogP contribution in [0.15, 0.2) is 71.4 Å². The minimum Gasteiger partial charge on any atom is -0.493 e. The lowest BCUT2D eigenvalue weighted by atomic mass is 10.1. The van der Waals surface area contributed by atoms with Crippen molar-refractivity contribution in [2.24, 2.45) is 4.99 Å². The second kappa shape index (κ2) is 9.72. The fourth-order valence-electron chi connectivity index (χ4n) is 2.94. The SMILES string of the molecule is COc1cc(/C=C2\N=C(c3ccc(F)cc3)OC2=O)cc(I)c1OC(=O)c1ccc(Cl)cc1. The number of benzene rings is 3. The van der Waals surface area contributed by atoms with Crippen molar-refractivity contribution >= 4 is 58.1 Å². The van der Waals surface area contributed by atoms with E-state index < -0.39 is 17.8 Å². The smallest absolute Gasteiger partial charge is 0.363 e. The Balaban J connectivity index is 1.61. The van der Waals surface area contributed by atoms with Gasteiger partial charge >= 0.3 is 11.9 Å². The molecule has 0 amide bonds. The van der Waals surface area contributed by atoms with E-state index >= 15 is 0 Å². The van der Waals surface area contributed by atoms with Crippen molar-refractivity contribution in [3.05, 3.63) is 97.5 Å². The summed E-state index contributed by atoms with van der Waals surface area (Å²) in [5.74, 6) is -0.988. The summed E-state index contributed by atoms with van der Waals surface area (Å²) in [5, 5.41) is 0.506. The largest absolute Gasteiger partial charge is 0.493 e. The van der Waals surface area contributed by atoms with Crippen LogP contribution in [0.25, 0.3) is 6.08 Å². The minimum absolute atomic E-state index is 0.0677. The summed E-state index contributed by atoms with van der Waals surface area (Å²) in [6, 6.07) is 15.1. The molecule has 3 aromatic rings. The van der Waals surface area contributed by atoms with Crippen molar-refractivity contribution in [1.29, 1.82) is 0 Å². The molecule has 9 heteroatoms. The van der Waals surface area contributed by atoms with Gasteiger partial charge in [0, 0.05) is 10.6 Å². The predicted octanol–water partition coefficient (Wildman–Crippen LogP) is 5.66. The number of rotatable bonds is 5. The average Bonchev–Trinajstić information content (AvgIpc) is 3.16. The van der Waals surface area contributed by atoms with Gasteiger partial charge in [0.25, 0.3) is 0 Å². The summed E-state index contributed by atoms with van der Waals surface area (Å²) in [7, 11) is 1.44. The maximum Gasteiger partial charge on any atom is 0.363 e. The third kappa shape index (κ3) is 5.23. The topological polar surface area (TPSA) is 74.2 Å². The number of carbonyl (C=O) groups is 2. The molecule has 0 spiro atoms. The van der Waals surface area contributed by atoms with Gasteiger partial charge in [-0.05, 0) is 94.9 Å². The van der Waals surface area contributed by atoms with E-state index in [-0.39, 0.29) is 17.3 Å². The van der Waals surface area contributed by atoms with Gasteiger partial charge in [-0.1, -0.05) is 11.6 Å². The van der Waals surface area contributed by atoms with E-state index in [9.17, 15) is 14.0 Å². The molecule has 166 valence electrons. The van der Waals surface area contributed by atoms with E-state index in [1.54, 1.807) is 36.4 Å². The Bertz CT molecular complexity index is 1300. The molecule has 1 aliphatic rings. The van der Waals surface area contributed by atoms with Crippen LogP contribution in [0.3, 0.4) is 0 Å². The average molecular weight is 578 g/mol. The molecule has 0 saturated carbocycles. The maximum atomic E-state index is 13.1. The van der Waals surface area contributed by atoms with E-state index in [4.69, 9.17) is 25.8 Å². The van der Waals surface area contributed by atoms with Crippen molar-refractivity contribution in [2.45, 2.75) is 0 Å². The summed E-state index contributed by atoms with van der Waals surface area (Å²) < 4.78 is 29.9. The highest BCUT2D eigenvalue weighted by molar-refractivity contribution is 14.1. The van der Waals surface area contributed by atoms with Crippen LogP contribution in [0.5, 0.6) is 11.5 Å². The Labute approximate surface area is 206 Å². The number of esters is 2. The van der Waals surface area contributed by atoms with Gasteiger partial charge in [-0.2, -0.15) is 0 Å². The normalized spacial score (nSPS) is 14.1. The zero-order valence-corrected chi connectivity index (χ0v) is 19.9. The number of hydrogen-bond acceptors (Lipinski definition) is 6. The van der Waals surface area contributed by atoms with Gasteiger partial charge < -0.3 is 14.2 Å². The molecule has 0 saturated heterocycles. The van der Waals surface area contributed by atoms with Crippen LogP contribution < -0.4 is 9.47 Å². The first-order valence-electron chi connectivity index (χ1n) is 9.48. The van der Waals surface area contributed by atoms with E-state index in [1.165, 1.54) is 37.5 Å². The second-order valence-electron chi connectivity index (χ2n) is 6.77. The fourth-order valence-corrected chi connectivity index (χ4v) is 3.80. The highest BCUT2D eigenvalue weighted by atomic mass is 127. The van der Waals surface area contributed by atoms with Crippen molar-refractivity contribution in [2.75, 3.05) is 7.11 Å². The van der Waals surface area contributed by atoms with Gasteiger partial charge in [0.15, 0.2) is 17.2 Å². The van der Waals surface area contributed by atoms with E-state index in [0.29, 0.717) is 31.0 Å². The maximum absolute atomic E-state index is 13.1. The summed E-state index contributed by atoms with van der Waals surface area (Å²) in [6.45, 7) is 0. The van der Waals surface area contributed by atoms with Crippen LogP contribution in [-0.2, 0) is 9.53 Å². The van der Waals surface area contributed by atoms with Crippen LogP contribution in [0.1, 0.15) is 21.5 Å². The van der Waals surface area contributed by atoms with Crippen molar-refractivity contribution in [1.82, 2.24) is 0 Å². The first kappa shape index (κ1) is 22.9. The molecule has 0 N–H and O–H groups in total. The molecule has 0 aromatic heterocycles. The molecular formula is C24H14ClFINO5. The quantitative estimate of drug-likeness (QED) is 0.169. The number of aliphatic imine (C=N–C) groups is 1. The van der Waals surface area contributed by atoms with Gasteiger partial charge in [0.1, 0.15) is 5.82 Å². The molecule has 0 bridgehead atoms. The van der Waals surface area contributed by atoms with E-state index in [1.807, 2.05) is 22.6 Å². The number of methoxy groups -OCH3 is 1. The van der Waals surface area contributed by atoms with Crippen molar-refractivity contribution in [3.63, 3.8) is 0 Å². The standard InChI is InChI=1S/C24H14ClFINO5/c1-31-20-12-13(10-18(27)21(20)32-23(29)15-2-6-16(25)7-3-15)11-19-24(30)33-22(28-19)14-4-8-17(26)9-5-14/h2-12H,1H3/b19-11-. The third-order valence-electron chi connectivity index (χ3n) is 4.54. The van der Waals surface area contributed by atoms with Gasteiger partial charge in [-0.25, -0.2) is 19.0 Å². The molecule has 0 unspecified atom stereocenters. The van der Waals surface area contributed by atoms with E-state index in [2.05, 4.69) is 4.99 Å². The first-order valence-corrected chi connectivity index (χ1v) is 10.9. The number of halogens is 3. The fraction of sp³-hybridized carbons (Fsp3) is 0.0417. The Morgan fingerprint density at radius 2 is 1.82 bits per heavy atom. The number of nitrogens with zero attached hydrogens (tertiary/aromatic N) is 1. The zero-order chi connectivity index (χ0) is 23.5. The van der Waals surface area contributed by atoms with Crippen LogP contribution in [-0.4, -0.2) is 24.9 Å². The second-order valence-corrected chi connectivity index (χ2v) is 8.37. The lowest BCUT2D eigenvalue weighted by molar-refractivity contribution is -0.129. The van der Waals surface area contributed by atoms with Crippen LogP contribution in [0.4, 0.5) is 4.39 Å². The molecule has 33 heavy (non-hydrogen) atoms. The number of ether oxygens (including phenoxy) is 3. The van der Waals surface area contributed by atoms with Gasteiger partial charge in [-0.15, -0.1) is 0 Å². The molecular weight excluding hydrogens is 564 g/mol. The summed E-state index contributed by atoms with van der Waals surface area (Å²) in [4.78, 5) is 29.0. The predicted molar refractivity (Wildman–Crippen MR) is 129 cm³/mol. The summed E-state index contributed by atoms with van der Waals surface area (Å²) in [5.41, 5.74) is 1.46. The van der Waals surface area contributed by atoms with Crippen LogP contribution in [0, 0.1) is 9.39 Å². The minimum atomic E-state index is -0.637. The molecule has 1 aliphatic heterocycles. The molecule has 0 aliphatic carbocycles. The lowest BCUT2D eigenvalue weighted by Gasteiger charge is -2.12. The van der Waals surface area contributed by atoms with Gasteiger partial charge in [0.05, 0.1) is 16.2 Å². The first-order chi connectivity index (χ1) is 15.8. The Kier molecular flexibility index (Phi) is 6.75. The van der Waals surface area contributed by atoms with Crippen molar-refractivity contribution < 1.29 is 28.2 Å². The Morgan fingerprint density at radius 3 is 2.48 bits per heavy atom. The highest BCUT2D eigenvalue weighted by Crippen LogP contribution is 2.35. The Morgan fingerprint density at radius 1 is 1.12 bits per heavy atom. The monoisotopic (exact) mass is 577 g/mol. The van der Waals surface area contributed by atoms with Gasteiger partial charge in [0.2, 0.25) is 5.90 Å². The lowest BCUT2D eigenvalue weighted by Crippen LogP contribution is -2.10. The number of cyclic esters (lactones) is 1. The molecule has 1 heterocycles. The molecule has 6 nitrogen and oxygen atoms in total. The number of hydrogen-bond donors (Lipinski definition) is 0. The molecule has 3 aromatic carbocycles. The Hall–Kier alpha value is -3.24. The molecule has 4 rings (SSSR count). The van der Waals surface area contributed by atoms with Crippen LogP contribution in [0.2, 0.25) is 5.02 Å². The molecule has 0 atom stereocenters. The zero-order valence-electron chi connectivity index (χ0n) is 17.0. The third-order valence-corrected chi connectivity index (χ3v) is 5.59. The summed E-state index contributed by atoms with van der Waals surface area (Å²) in [6.07, 6.45) is 1.52. The highest BCUT2D eigenvalue weighted by Gasteiger charge is 2.25. The molecule has 0 radical (unpaired) electrons. The molecule has 0 fully saturated rings. The number of carbonyl (C=O) groups excluding carboxylic acids is 2. The van der Waals surface area contributed by atoms with Gasteiger partial charge in [-0.3, -0.25) is 0 Å².